The third-order valence-corrected chi connectivity index (χ3v) is 2.38. The Bertz CT molecular complexity index is 84.0. The molecule has 0 unspecified atom stereocenters. The molecule has 0 nitrogen and oxygen atoms in total. The molecule has 0 rings (SSSR count). The summed E-state index contributed by atoms with van der Waals surface area (Å²) in [5.41, 5.74) is 0. The second-order valence-corrected chi connectivity index (χ2v) is 4.48. The molecule has 0 N–H and O–H groups in total. The van der Waals surface area contributed by atoms with E-state index < -0.39 is 0 Å². The van der Waals surface area contributed by atoms with Crippen LogP contribution in [0.5, 0.6) is 0 Å². The van der Waals surface area contributed by atoms with Crippen molar-refractivity contribution in [3.63, 3.8) is 0 Å². The topological polar surface area (TPSA) is 0 Å². The molecule has 0 spiro atoms. The van der Waals surface area contributed by atoms with Crippen molar-refractivity contribution in [2.24, 2.45) is 17.8 Å². The molecule has 0 heteroatoms. The maximum Gasteiger partial charge on any atom is -0.0438 e. The summed E-state index contributed by atoms with van der Waals surface area (Å²) in [6, 6.07) is 0. The number of rotatable bonds is 5. The second-order valence-electron chi connectivity index (χ2n) is 4.48. The molecule has 68 valence electrons. The van der Waals surface area contributed by atoms with Crippen molar-refractivity contribution in [2.75, 3.05) is 0 Å². The van der Waals surface area contributed by atoms with Gasteiger partial charge in [0.15, 0.2) is 0 Å². The standard InChI is InChI=1S/C11H24/c1-6-10(4)8-11(5)7-9(2)3/h9-11H,6-8H2,1-5H3/t10-,11+/m0/s1. The summed E-state index contributed by atoms with van der Waals surface area (Å²) < 4.78 is 0. The first-order chi connectivity index (χ1) is 5.06. The zero-order chi connectivity index (χ0) is 8.85. The normalized spacial score (nSPS) is 16.9. The Morgan fingerprint density at radius 1 is 0.818 bits per heavy atom. The van der Waals surface area contributed by atoms with Gasteiger partial charge in [-0.2, -0.15) is 0 Å². The van der Waals surface area contributed by atoms with Gasteiger partial charge in [-0.25, -0.2) is 0 Å². The number of hydrogen-bond donors (Lipinski definition) is 0. The molecule has 0 aromatic carbocycles. The van der Waals surface area contributed by atoms with E-state index in [2.05, 4.69) is 34.6 Å². The third kappa shape index (κ3) is 6.40. The molecule has 0 saturated heterocycles. The van der Waals surface area contributed by atoms with Gasteiger partial charge in [-0.3, -0.25) is 0 Å². The van der Waals surface area contributed by atoms with Crippen LogP contribution >= 0.6 is 0 Å². The average Bonchev–Trinajstić information content (AvgIpc) is 1.85. The molecule has 11 heavy (non-hydrogen) atoms. The Morgan fingerprint density at radius 2 is 1.36 bits per heavy atom. The van der Waals surface area contributed by atoms with E-state index in [9.17, 15) is 0 Å². The van der Waals surface area contributed by atoms with Gasteiger partial charge in [0.05, 0.1) is 0 Å². The molecule has 0 aromatic heterocycles. The maximum atomic E-state index is 2.38. The van der Waals surface area contributed by atoms with Crippen LogP contribution in [0.15, 0.2) is 0 Å². The SMILES string of the molecule is CC[C@H](C)C[C@H](C)CC(C)C. The van der Waals surface area contributed by atoms with Crippen LogP contribution < -0.4 is 0 Å². The predicted octanol–water partition coefficient (Wildman–Crippen LogP) is 4.10. The van der Waals surface area contributed by atoms with Gasteiger partial charge in [0.25, 0.3) is 0 Å². The van der Waals surface area contributed by atoms with E-state index >= 15 is 0 Å². The minimum Gasteiger partial charge on any atom is -0.0651 e. The van der Waals surface area contributed by atoms with E-state index in [0.29, 0.717) is 0 Å². The largest absolute Gasteiger partial charge is 0.0651 e. The van der Waals surface area contributed by atoms with Gasteiger partial charge in [-0.05, 0) is 30.6 Å². The third-order valence-electron chi connectivity index (χ3n) is 2.38. The fourth-order valence-corrected chi connectivity index (χ4v) is 1.75. The molecule has 0 amide bonds. The molecule has 0 radical (unpaired) electrons. The Labute approximate surface area is 72.4 Å². The van der Waals surface area contributed by atoms with Gasteiger partial charge in [0.2, 0.25) is 0 Å². The molecule has 0 aliphatic heterocycles. The Kier molecular flexibility index (Phi) is 5.62. The zero-order valence-electron chi connectivity index (χ0n) is 8.85. The lowest BCUT2D eigenvalue weighted by molar-refractivity contribution is 0.350. The molecular weight excluding hydrogens is 132 g/mol. The molecule has 0 aliphatic carbocycles. The minimum absolute atomic E-state index is 0.869. The first-order valence-corrected chi connectivity index (χ1v) is 5.06. The quantitative estimate of drug-likeness (QED) is 0.562. The van der Waals surface area contributed by atoms with Gasteiger partial charge in [-0.15, -0.1) is 0 Å². The molecule has 0 aromatic rings. The van der Waals surface area contributed by atoms with Crippen LogP contribution in [0.4, 0.5) is 0 Å². The lowest BCUT2D eigenvalue weighted by atomic mass is 9.89. The lowest BCUT2D eigenvalue weighted by Crippen LogP contribution is -2.05. The van der Waals surface area contributed by atoms with Gasteiger partial charge >= 0.3 is 0 Å². The van der Waals surface area contributed by atoms with Crippen LogP contribution in [0.1, 0.15) is 53.9 Å². The summed E-state index contributed by atoms with van der Waals surface area (Å²) in [6.45, 7) is 11.6. The summed E-state index contributed by atoms with van der Waals surface area (Å²) >= 11 is 0. The highest BCUT2D eigenvalue weighted by Crippen LogP contribution is 2.20. The first-order valence-electron chi connectivity index (χ1n) is 5.06. The monoisotopic (exact) mass is 156 g/mol. The van der Waals surface area contributed by atoms with Crippen LogP contribution in [-0.2, 0) is 0 Å². The Hall–Kier alpha value is 0. The van der Waals surface area contributed by atoms with Crippen LogP contribution in [0.3, 0.4) is 0 Å². The molecule has 0 saturated carbocycles. The van der Waals surface area contributed by atoms with Crippen LogP contribution in [-0.4, -0.2) is 0 Å². The van der Waals surface area contributed by atoms with E-state index in [1.54, 1.807) is 0 Å². The van der Waals surface area contributed by atoms with E-state index in [0.717, 1.165) is 17.8 Å². The smallest absolute Gasteiger partial charge is 0.0438 e. The van der Waals surface area contributed by atoms with Crippen molar-refractivity contribution in [3.8, 4) is 0 Å². The van der Waals surface area contributed by atoms with Crippen molar-refractivity contribution in [2.45, 2.75) is 53.9 Å². The van der Waals surface area contributed by atoms with E-state index in [-0.39, 0.29) is 0 Å². The summed E-state index contributed by atoms with van der Waals surface area (Å²) in [4.78, 5) is 0. The van der Waals surface area contributed by atoms with Crippen molar-refractivity contribution in [3.05, 3.63) is 0 Å². The van der Waals surface area contributed by atoms with Gasteiger partial charge in [0, 0.05) is 0 Å². The van der Waals surface area contributed by atoms with Crippen molar-refractivity contribution >= 4 is 0 Å². The second kappa shape index (κ2) is 5.62. The molecule has 0 heterocycles. The summed E-state index contributed by atoms with van der Waals surface area (Å²) in [6.07, 6.45) is 4.14. The van der Waals surface area contributed by atoms with Crippen molar-refractivity contribution < 1.29 is 0 Å². The first kappa shape index (κ1) is 11.0. The van der Waals surface area contributed by atoms with Crippen LogP contribution in [0, 0.1) is 17.8 Å². The molecular formula is C11H24. The molecule has 0 fully saturated rings. The van der Waals surface area contributed by atoms with Crippen LogP contribution in [0.25, 0.3) is 0 Å². The molecule has 2 atom stereocenters. The van der Waals surface area contributed by atoms with Crippen LogP contribution in [0.2, 0.25) is 0 Å². The molecule has 0 bridgehead atoms. The maximum absolute atomic E-state index is 2.38. The van der Waals surface area contributed by atoms with E-state index in [1.807, 2.05) is 0 Å². The summed E-state index contributed by atoms with van der Waals surface area (Å²) in [5, 5.41) is 0. The average molecular weight is 156 g/mol. The zero-order valence-corrected chi connectivity index (χ0v) is 8.85. The molecule has 0 aliphatic rings. The highest BCUT2D eigenvalue weighted by Gasteiger charge is 2.08. The Balaban J connectivity index is 3.43. The fourth-order valence-electron chi connectivity index (χ4n) is 1.75. The minimum atomic E-state index is 0.869. The Morgan fingerprint density at radius 3 is 1.73 bits per heavy atom. The highest BCUT2D eigenvalue weighted by atomic mass is 14.1. The van der Waals surface area contributed by atoms with Crippen molar-refractivity contribution in [1.29, 1.82) is 0 Å². The van der Waals surface area contributed by atoms with Gasteiger partial charge < -0.3 is 0 Å². The highest BCUT2D eigenvalue weighted by molar-refractivity contribution is 4.60. The summed E-state index contributed by atoms with van der Waals surface area (Å²) in [7, 11) is 0. The van der Waals surface area contributed by atoms with E-state index in [1.165, 1.54) is 19.3 Å². The van der Waals surface area contributed by atoms with E-state index in [4.69, 9.17) is 0 Å². The van der Waals surface area contributed by atoms with Gasteiger partial charge in [0.1, 0.15) is 0 Å². The predicted molar refractivity (Wildman–Crippen MR) is 52.7 cm³/mol. The lowest BCUT2D eigenvalue weighted by Gasteiger charge is -2.17. The van der Waals surface area contributed by atoms with Crippen molar-refractivity contribution in [1.82, 2.24) is 0 Å². The number of hydrogen-bond acceptors (Lipinski definition) is 0. The summed E-state index contributed by atoms with van der Waals surface area (Å²) in [5.74, 6) is 2.71. The fraction of sp³-hybridized carbons (Fsp3) is 1.00. The van der Waals surface area contributed by atoms with Gasteiger partial charge in [-0.1, -0.05) is 41.0 Å².